The largest absolute Gasteiger partial charge is 0.387 e. The Kier molecular flexibility index (Phi) is 4.00. The first-order chi connectivity index (χ1) is 7.69. The first-order valence-electron chi connectivity index (χ1n) is 6.03. The van der Waals surface area contributed by atoms with Crippen LogP contribution in [0, 0.1) is 13.8 Å². The summed E-state index contributed by atoms with van der Waals surface area (Å²) in [5.74, 6) is 0. The van der Waals surface area contributed by atoms with E-state index in [-0.39, 0.29) is 0 Å². The lowest BCUT2D eigenvalue weighted by Crippen LogP contribution is -2.50. The predicted octanol–water partition coefficient (Wildman–Crippen LogP) is 3.02. The second kappa shape index (κ2) is 4.79. The van der Waals surface area contributed by atoms with Gasteiger partial charge in [-0.3, -0.25) is 0 Å². The van der Waals surface area contributed by atoms with Crippen molar-refractivity contribution < 1.29 is 9.84 Å². The molecule has 2 nitrogen and oxygen atoms in total. The molecule has 2 heteroatoms. The van der Waals surface area contributed by atoms with Gasteiger partial charge in [0.25, 0.3) is 0 Å². The van der Waals surface area contributed by atoms with Crippen LogP contribution >= 0.6 is 0 Å². The Morgan fingerprint density at radius 2 is 1.76 bits per heavy atom. The molecule has 1 unspecified atom stereocenters. The Morgan fingerprint density at radius 3 is 2.29 bits per heavy atom. The van der Waals surface area contributed by atoms with Gasteiger partial charge in [0.05, 0.1) is 11.2 Å². The van der Waals surface area contributed by atoms with E-state index in [9.17, 15) is 5.11 Å². The monoisotopic (exact) mass is 236 g/mol. The highest BCUT2D eigenvalue weighted by atomic mass is 16.5. The smallest absolute Gasteiger partial charge is 0.0942 e. The first kappa shape index (κ1) is 14.2. The van der Waals surface area contributed by atoms with Crippen LogP contribution in [0.25, 0.3) is 0 Å². The van der Waals surface area contributed by atoms with Crippen LogP contribution in [0.1, 0.15) is 37.5 Å². The number of benzene rings is 1. The summed E-state index contributed by atoms with van der Waals surface area (Å²) in [4.78, 5) is 0. The van der Waals surface area contributed by atoms with Crippen LogP contribution in [0.3, 0.4) is 0 Å². The molecule has 0 bridgehead atoms. The topological polar surface area (TPSA) is 29.5 Å². The molecule has 0 saturated carbocycles. The standard InChI is InChI=1S/C15H24O2/c1-11-7-8-12(2)13(9-11)10-15(5,16)14(3,4)17-6/h7-9,16H,10H2,1-6H3. The van der Waals surface area contributed by atoms with Gasteiger partial charge in [0.2, 0.25) is 0 Å². The van der Waals surface area contributed by atoms with Crippen LogP contribution in [0.2, 0.25) is 0 Å². The molecule has 0 radical (unpaired) electrons. The lowest BCUT2D eigenvalue weighted by Gasteiger charge is -2.39. The molecule has 0 aliphatic carbocycles. The molecule has 0 heterocycles. The zero-order chi connectivity index (χ0) is 13.3. The second-order valence-corrected chi connectivity index (χ2v) is 5.60. The maximum Gasteiger partial charge on any atom is 0.0942 e. The van der Waals surface area contributed by atoms with Crippen LogP contribution in [-0.2, 0) is 11.2 Å². The van der Waals surface area contributed by atoms with Gasteiger partial charge in [-0.25, -0.2) is 0 Å². The van der Waals surface area contributed by atoms with Gasteiger partial charge in [0, 0.05) is 13.5 Å². The van der Waals surface area contributed by atoms with E-state index in [1.807, 2.05) is 20.8 Å². The van der Waals surface area contributed by atoms with Crippen molar-refractivity contribution in [3.63, 3.8) is 0 Å². The van der Waals surface area contributed by atoms with Crippen molar-refractivity contribution in [2.75, 3.05) is 7.11 Å². The van der Waals surface area contributed by atoms with Gasteiger partial charge in [-0.1, -0.05) is 23.8 Å². The molecule has 1 atom stereocenters. The van der Waals surface area contributed by atoms with E-state index in [1.54, 1.807) is 7.11 Å². The van der Waals surface area contributed by atoms with Crippen LogP contribution < -0.4 is 0 Å². The number of methoxy groups -OCH3 is 1. The van der Waals surface area contributed by atoms with Crippen molar-refractivity contribution in [1.82, 2.24) is 0 Å². The Balaban J connectivity index is 3.01. The van der Waals surface area contributed by atoms with E-state index in [0.29, 0.717) is 6.42 Å². The zero-order valence-corrected chi connectivity index (χ0v) is 11.8. The SMILES string of the molecule is COC(C)(C)C(C)(O)Cc1cc(C)ccc1C. The predicted molar refractivity (Wildman–Crippen MR) is 71.3 cm³/mol. The summed E-state index contributed by atoms with van der Waals surface area (Å²) in [6.45, 7) is 9.80. The first-order valence-corrected chi connectivity index (χ1v) is 6.03. The molecular formula is C15H24O2. The molecule has 17 heavy (non-hydrogen) atoms. The highest BCUT2D eigenvalue weighted by molar-refractivity contribution is 5.32. The Morgan fingerprint density at radius 1 is 1.18 bits per heavy atom. The molecule has 1 rings (SSSR count). The number of aliphatic hydroxyl groups is 1. The number of aryl methyl sites for hydroxylation is 2. The third-order valence-corrected chi connectivity index (χ3v) is 3.85. The quantitative estimate of drug-likeness (QED) is 0.870. The van der Waals surface area contributed by atoms with Crippen LogP contribution in [-0.4, -0.2) is 23.4 Å². The second-order valence-electron chi connectivity index (χ2n) is 5.60. The highest BCUT2D eigenvalue weighted by Gasteiger charge is 2.39. The van der Waals surface area contributed by atoms with E-state index in [0.717, 1.165) is 0 Å². The van der Waals surface area contributed by atoms with E-state index in [1.165, 1.54) is 16.7 Å². The van der Waals surface area contributed by atoms with Crippen molar-refractivity contribution in [3.8, 4) is 0 Å². The normalized spacial score (nSPS) is 15.7. The summed E-state index contributed by atoms with van der Waals surface area (Å²) in [7, 11) is 1.64. The maximum atomic E-state index is 10.6. The number of ether oxygens (including phenoxy) is 1. The molecule has 0 aliphatic rings. The number of hydrogen-bond donors (Lipinski definition) is 1. The minimum absolute atomic E-state index is 0.566. The van der Waals surface area contributed by atoms with E-state index < -0.39 is 11.2 Å². The maximum absolute atomic E-state index is 10.6. The Hall–Kier alpha value is -0.860. The van der Waals surface area contributed by atoms with Gasteiger partial charge in [-0.05, 0) is 45.7 Å². The van der Waals surface area contributed by atoms with Gasteiger partial charge in [-0.15, -0.1) is 0 Å². The van der Waals surface area contributed by atoms with Gasteiger partial charge in [-0.2, -0.15) is 0 Å². The van der Waals surface area contributed by atoms with E-state index in [4.69, 9.17) is 4.74 Å². The lowest BCUT2D eigenvalue weighted by molar-refractivity contribution is -0.139. The molecule has 0 saturated heterocycles. The number of hydrogen-bond acceptors (Lipinski definition) is 2. The van der Waals surface area contributed by atoms with Crippen molar-refractivity contribution in [2.45, 2.75) is 52.2 Å². The summed E-state index contributed by atoms with van der Waals surface area (Å²) >= 11 is 0. The molecule has 0 amide bonds. The minimum Gasteiger partial charge on any atom is -0.387 e. The number of rotatable bonds is 4. The summed E-state index contributed by atoms with van der Waals surface area (Å²) in [6.07, 6.45) is 0.599. The molecular weight excluding hydrogens is 212 g/mol. The highest BCUT2D eigenvalue weighted by Crippen LogP contribution is 2.29. The summed E-state index contributed by atoms with van der Waals surface area (Å²) < 4.78 is 5.39. The molecule has 0 aliphatic heterocycles. The zero-order valence-electron chi connectivity index (χ0n) is 11.8. The fourth-order valence-corrected chi connectivity index (χ4v) is 1.79. The molecule has 96 valence electrons. The van der Waals surface area contributed by atoms with Gasteiger partial charge < -0.3 is 9.84 Å². The van der Waals surface area contributed by atoms with Crippen molar-refractivity contribution in [2.24, 2.45) is 0 Å². The van der Waals surface area contributed by atoms with Gasteiger partial charge in [0.15, 0.2) is 0 Å². The van der Waals surface area contributed by atoms with Crippen molar-refractivity contribution in [1.29, 1.82) is 0 Å². The fourth-order valence-electron chi connectivity index (χ4n) is 1.79. The van der Waals surface area contributed by atoms with E-state index in [2.05, 4.69) is 32.0 Å². The third-order valence-electron chi connectivity index (χ3n) is 3.85. The molecule has 1 N–H and O–H groups in total. The molecule has 0 spiro atoms. The van der Waals surface area contributed by atoms with E-state index >= 15 is 0 Å². The average Bonchev–Trinajstić information content (AvgIpc) is 2.23. The fraction of sp³-hybridized carbons (Fsp3) is 0.600. The summed E-state index contributed by atoms with van der Waals surface area (Å²) in [6, 6.07) is 6.32. The third kappa shape index (κ3) is 3.08. The summed E-state index contributed by atoms with van der Waals surface area (Å²) in [5, 5.41) is 10.6. The molecule has 0 aromatic heterocycles. The molecule has 0 fully saturated rings. The van der Waals surface area contributed by atoms with Gasteiger partial charge >= 0.3 is 0 Å². The summed E-state index contributed by atoms with van der Waals surface area (Å²) in [5.41, 5.74) is 2.16. The average molecular weight is 236 g/mol. The lowest BCUT2D eigenvalue weighted by atomic mass is 9.81. The minimum atomic E-state index is -0.889. The molecule has 1 aromatic rings. The van der Waals surface area contributed by atoms with Crippen LogP contribution in [0.5, 0.6) is 0 Å². The van der Waals surface area contributed by atoms with Crippen LogP contribution in [0.15, 0.2) is 18.2 Å². The van der Waals surface area contributed by atoms with Gasteiger partial charge in [0.1, 0.15) is 0 Å². The van der Waals surface area contributed by atoms with Crippen molar-refractivity contribution in [3.05, 3.63) is 34.9 Å². The Labute approximate surface area is 105 Å². The Bertz CT molecular complexity index is 392. The molecule has 1 aromatic carbocycles. The van der Waals surface area contributed by atoms with Crippen molar-refractivity contribution >= 4 is 0 Å². The van der Waals surface area contributed by atoms with Crippen LogP contribution in [0.4, 0.5) is 0 Å².